The first-order valence-electron chi connectivity index (χ1n) is 5.36. The van der Waals surface area contributed by atoms with Gasteiger partial charge in [-0.3, -0.25) is 0 Å². The van der Waals surface area contributed by atoms with Crippen molar-refractivity contribution in [1.29, 1.82) is 0 Å². The van der Waals surface area contributed by atoms with Gasteiger partial charge in [-0.1, -0.05) is 20.8 Å². The maximum atomic E-state index is 12.4. The predicted molar refractivity (Wildman–Crippen MR) is 51.9 cm³/mol. The molecular formula is C10H16F6O2. The van der Waals surface area contributed by atoms with Gasteiger partial charge in [0.15, 0.2) is 12.2 Å². The average Bonchev–Trinajstić information content (AvgIpc) is 2.12. The van der Waals surface area contributed by atoms with E-state index in [-0.39, 0.29) is 6.42 Å². The number of halogens is 6. The maximum Gasteiger partial charge on any atom is 0.414 e. The standard InChI is InChI=1S/C10H16F6O2/c1-4-7(9(11,12)13)17-5-18-8(6(2)3)10(14,15)16/h6-8H,4-5H2,1-3H3. The van der Waals surface area contributed by atoms with E-state index in [9.17, 15) is 26.3 Å². The van der Waals surface area contributed by atoms with Crippen molar-refractivity contribution in [3.63, 3.8) is 0 Å². The molecule has 0 saturated heterocycles. The van der Waals surface area contributed by atoms with Crippen LogP contribution in [0.25, 0.3) is 0 Å². The quantitative estimate of drug-likeness (QED) is 0.543. The Morgan fingerprint density at radius 3 is 1.67 bits per heavy atom. The van der Waals surface area contributed by atoms with Crippen molar-refractivity contribution in [3.8, 4) is 0 Å². The SMILES string of the molecule is CCC(OCOC(C(C)C)C(F)(F)F)C(F)(F)F. The van der Waals surface area contributed by atoms with Gasteiger partial charge in [-0.25, -0.2) is 0 Å². The van der Waals surface area contributed by atoms with E-state index in [1.165, 1.54) is 20.8 Å². The molecule has 0 aromatic carbocycles. The number of alkyl halides is 6. The minimum atomic E-state index is -4.63. The highest BCUT2D eigenvalue weighted by Crippen LogP contribution is 2.29. The lowest BCUT2D eigenvalue weighted by Crippen LogP contribution is -2.38. The molecule has 110 valence electrons. The van der Waals surface area contributed by atoms with E-state index in [4.69, 9.17) is 0 Å². The van der Waals surface area contributed by atoms with Crippen LogP contribution >= 0.6 is 0 Å². The lowest BCUT2D eigenvalue weighted by molar-refractivity contribution is -0.285. The molecule has 0 rings (SSSR count). The Kier molecular flexibility index (Phi) is 6.42. The molecule has 0 aromatic rings. The van der Waals surface area contributed by atoms with Crippen LogP contribution in [0.3, 0.4) is 0 Å². The van der Waals surface area contributed by atoms with Gasteiger partial charge in [0, 0.05) is 0 Å². The second kappa shape index (κ2) is 6.60. The highest BCUT2D eigenvalue weighted by atomic mass is 19.4. The van der Waals surface area contributed by atoms with Crippen LogP contribution in [-0.4, -0.2) is 31.4 Å². The zero-order chi connectivity index (χ0) is 14.6. The monoisotopic (exact) mass is 282 g/mol. The van der Waals surface area contributed by atoms with Crippen molar-refractivity contribution < 1.29 is 35.8 Å². The van der Waals surface area contributed by atoms with Gasteiger partial charge in [-0.2, -0.15) is 26.3 Å². The zero-order valence-electron chi connectivity index (χ0n) is 10.2. The molecule has 0 spiro atoms. The molecule has 2 atom stereocenters. The second-order valence-electron chi connectivity index (χ2n) is 4.10. The average molecular weight is 282 g/mol. The van der Waals surface area contributed by atoms with Crippen LogP contribution in [0.15, 0.2) is 0 Å². The van der Waals surface area contributed by atoms with Gasteiger partial charge in [-0.15, -0.1) is 0 Å². The normalized spacial score (nSPS) is 17.0. The molecule has 0 N–H and O–H groups in total. The van der Waals surface area contributed by atoms with Gasteiger partial charge in [0.05, 0.1) is 0 Å². The van der Waals surface area contributed by atoms with Crippen LogP contribution in [0.5, 0.6) is 0 Å². The molecule has 0 radical (unpaired) electrons. The molecule has 18 heavy (non-hydrogen) atoms. The number of hydrogen-bond acceptors (Lipinski definition) is 2. The minimum absolute atomic E-state index is 0.384. The predicted octanol–water partition coefficient (Wildman–Crippen LogP) is 3.90. The van der Waals surface area contributed by atoms with Crippen molar-refractivity contribution in [2.45, 2.75) is 51.8 Å². The summed E-state index contributed by atoms with van der Waals surface area (Å²) in [6.45, 7) is 2.71. The molecule has 0 saturated carbocycles. The Balaban J connectivity index is 4.31. The van der Waals surface area contributed by atoms with E-state index in [1.54, 1.807) is 0 Å². The molecule has 0 aliphatic heterocycles. The molecule has 2 unspecified atom stereocenters. The van der Waals surface area contributed by atoms with Crippen LogP contribution in [0.1, 0.15) is 27.2 Å². The lowest BCUT2D eigenvalue weighted by Gasteiger charge is -2.25. The molecular weight excluding hydrogens is 266 g/mol. The Bertz CT molecular complexity index is 236. The fourth-order valence-electron chi connectivity index (χ4n) is 1.30. The topological polar surface area (TPSA) is 18.5 Å². The van der Waals surface area contributed by atoms with E-state index in [2.05, 4.69) is 9.47 Å². The Labute approximate surface area is 101 Å². The fourth-order valence-corrected chi connectivity index (χ4v) is 1.30. The molecule has 2 nitrogen and oxygen atoms in total. The summed E-state index contributed by atoms with van der Waals surface area (Å²) < 4.78 is 82.6. The van der Waals surface area contributed by atoms with Gasteiger partial charge in [0.25, 0.3) is 0 Å². The number of hydrogen-bond donors (Lipinski definition) is 0. The minimum Gasteiger partial charge on any atom is -0.343 e. The van der Waals surface area contributed by atoms with Gasteiger partial charge in [0.1, 0.15) is 6.79 Å². The summed E-state index contributed by atoms with van der Waals surface area (Å²) in [7, 11) is 0. The first kappa shape index (κ1) is 17.5. The molecule has 0 aliphatic rings. The molecule has 0 heterocycles. The first-order valence-corrected chi connectivity index (χ1v) is 5.36. The number of rotatable bonds is 6. The third kappa shape index (κ3) is 5.90. The highest BCUT2D eigenvalue weighted by molar-refractivity contribution is 4.71. The van der Waals surface area contributed by atoms with E-state index < -0.39 is 37.3 Å². The Morgan fingerprint density at radius 1 is 0.889 bits per heavy atom. The largest absolute Gasteiger partial charge is 0.414 e. The lowest BCUT2D eigenvalue weighted by atomic mass is 10.1. The Morgan fingerprint density at radius 2 is 1.39 bits per heavy atom. The van der Waals surface area contributed by atoms with Crippen LogP contribution in [0, 0.1) is 5.92 Å². The van der Waals surface area contributed by atoms with Gasteiger partial charge >= 0.3 is 12.4 Å². The van der Waals surface area contributed by atoms with Crippen molar-refractivity contribution in [3.05, 3.63) is 0 Å². The third-order valence-corrected chi connectivity index (χ3v) is 2.18. The molecule has 8 heteroatoms. The van der Waals surface area contributed by atoms with E-state index in [0.717, 1.165) is 0 Å². The summed E-state index contributed by atoms with van der Waals surface area (Å²) in [4.78, 5) is 0. The van der Waals surface area contributed by atoms with E-state index >= 15 is 0 Å². The molecule has 0 aromatic heterocycles. The van der Waals surface area contributed by atoms with Gasteiger partial charge in [0.2, 0.25) is 0 Å². The van der Waals surface area contributed by atoms with E-state index in [1.807, 2.05) is 0 Å². The fraction of sp³-hybridized carbons (Fsp3) is 1.00. The van der Waals surface area contributed by atoms with Crippen molar-refractivity contribution in [2.75, 3.05) is 6.79 Å². The Hall–Kier alpha value is -0.500. The summed E-state index contributed by atoms with van der Waals surface area (Å²) in [6.07, 6.45) is -13.9. The van der Waals surface area contributed by atoms with E-state index in [0.29, 0.717) is 0 Å². The smallest absolute Gasteiger partial charge is 0.343 e. The van der Waals surface area contributed by atoms with Gasteiger partial charge in [-0.05, 0) is 12.3 Å². The summed E-state index contributed by atoms with van der Waals surface area (Å²) in [6, 6.07) is 0. The number of ether oxygens (including phenoxy) is 2. The second-order valence-corrected chi connectivity index (χ2v) is 4.10. The summed E-state index contributed by atoms with van der Waals surface area (Å²) in [5, 5.41) is 0. The van der Waals surface area contributed by atoms with Crippen molar-refractivity contribution in [2.24, 2.45) is 5.92 Å². The van der Waals surface area contributed by atoms with Gasteiger partial charge < -0.3 is 9.47 Å². The molecule has 0 amide bonds. The molecule has 0 fully saturated rings. The zero-order valence-corrected chi connectivity index (χ0v) is 10.2. The van der Waals surface area contributed by atoms with Crippen LogP contribution in [0.2, 0.25) is 0 Å². The highest BCUT2D eigenvalue weighted by Gasteiger charge is 2.44. The summed E-state index contributed by atoms with van der Waals surface area (Å²) in [5.74, 6) is -0.903. The van der Waals surface area contributed by atoms with Crippen LogP contribution < -0.4 is 0 Å². The third-order valence-electron chi connectivity index (χ3n) is 2.18. The molecule has 0 aliphatic carbocycles. The maximum absolute atomic E-state index is 12.4. The summed E-state index contributed by atoms with van der Waals surface area (Å²) in [5.41, 5.74) is 0. The van der Waals surface area contributed by atoms with Crippen LogP contribution in [-0.2, 0) is 9.47 Å². The molecule has 0 bridgehead atoms. The van der Waals surface area contributed by atoms with Crippen LogP contribution in [0.4, 0.5) is 26.3 Å². The first-order chi connectivity index (χ1) is 8.00. The van der Waals surface area contributed by atoms with Crippen molar-refractivity contribution >= 4 is 0 Å². The summed E-state index contributed by atoms with van der Waals surface area (Å²) >= 11 is 0. The van der Waals surface area contributed by atoms with Crippen molar-refractivity contribution in [1.82, 2.24) is 0 Å².